The minimum absolute atomic E-state index is 0.291. The molecule has 1 heterocycles. The van der Waals surface area contributed by atoms with Crippen LogP contribution in [0.15, 0.2) is 0 Å². The van der Waals surface area contributed by atoms with Crippen LogP contribution in [0.4, 0.5) is 0 Å². The smallest absolute Gasteiger partial charge is 0.222 e. The first-order chi connectivity index (χ1) is 14.6. The van der Waals surface area contributed by atoms with E-state index >= 15 is 0 Å². The topological polar surface area (TPSA) is 44.4 Å². The Morgan fingerprint density at radius 3 is 2.33 bits per heavy atom. The van der Waals surface area contributed by atoms with Crippen molar-refractivity contribution < 1.29 is 4.79 Å². The number of unbranched alkanes of at least 4 members (excludes halogenated alkanes) is 1. The van der Waals surface area contributed by atoms with Gasteiger partial charge in [0.25, 0.3) is 0 Å². The lowest BCUT2D eigenvalue weighted by molar-refractivity contribution is -0.137. The fourth-order valence-corrected chi connectivity index (χ4v) is 8.55. The van der Waals surface area contributed by atoms with E-state index in [0.29, 0.717) is 23.9 Å². The number of thiocarbonyl (C=S) groups is 1. The molecular formula is C25H41N3OS. The van der Waals surface area contributed by atoms with Crippen LogP contribution in [-0.4, -0.2) is 40.6 Å². The molecule has 0 aromatic carbocycles. The van der Waals surface area contributed by atoms with Crippen LogP contribution in [0.2, 0.25) is 0 Å². The standard InChI is InChI=1S/C25H41N3OS/c29-23(28-11-5-7-21-6-1-2-8-22(21)28)9-3-4-10-26-24(30)27-25-15-18-12-19(16-25)14-20(13-18)17-25/h18-22H,1-17H2,(H2,26,27,30). The van der Waals surface area contributed by atoms with Crippen LogP contribution < -0.4 is 10.6 Å². The molecule has 5 saturated carbocycles. The molecule has 1 aliphatic heterocycles. The fourth-order valence-electron chi connectivity index (χ4n) is 8.23. The zero-order valence-electron chi connectivity index (χ0n) is 18.7. The predicted molar refractivity (Wildman–Crippen MR) is 125 cm³/mol. The average molecular weight is 432 g/mol. The Bertz CT molecular complexity index is 613. The SMILES string of the molecule is O=C(CCCCNC(=S)NC12CC3CC(CC(C3)C1)C2)N1CCCC2CCCCC21. The van der Waals surface area contributed by atoms with E-state index in [1.807, 2.05) is 0 Å². The van der Waals surface area contributed by atoms with Crippen molar-refractivity contribution >= 4 is 23.2 Å². The van der Waals surface area contributed by atoms with Gasteiger partial charge in [-0.25, -0.2) is 0 Å². The van der Waals surface area contributed by atoms with Crippen molar-refractivity contribution in [1.29, 1.82) is 0 Å². The van der Waals surface area contributed by atoms with Gasteiger partial charge in [0.2, 0.25) is 5.91 Å². The second-order valence-electron chi connectivity index (χ2n) is 11.4. The highest BCUT2D eigenvalue weighted by Gasteiger charge is 2.51. The highest BCUT2D eigenvalue weighted by atomic mass is 32.1. The molecule has 0 aromatic heterocycles. The van der Waals surface area contributed by atoms with Gasteiger partial charge in [0, 0.05) is 31.1 Å². The zero-order valence-corrected chi connectivity index (χ0v) is 19.5. The van der Waals surface area contributed by atoms with Gasteiger partial charge in [0.05, 0.1) is 0 Å². The molecule has 2 unspecified atom stereocenters. The largest absolute Gasteiger partial charge is 0.363 e. The van der Waals surface area contributed by atoms with Crippen molar-refractivity contribution in [1.82, 2.24) is 15.5 Å². The normalized spacial score (nSPS) is 39.5. The number of carbonyl (C=O) groups excluding carboxylic acids is 1. The van der Waals surface area contributed by atoms with E-state index < -0.39 is 0 Å². The lowest BCUT2D eigenvalue weighted by atomic mass is 9.53. The number of piperidine rings is 1. The maximum atomic E-state index is 12.8. The van der Waals surface area contributed by atoms with Gasteiger partial charge in [-0.1, -0.05) is 12.8 Å². The molecular weight excluding hydrogens is 390 g/mol. The minimum Gasteiger partial charge on any atom is -0.363 e. The summed E-state index contributed by atoms with van der Waals surface area (Å²) in [6.45, 7) is 1.88. The van der Waals surface area contributed by atoms with Gasteiger partial charge in [-0.2, -0.15) is 0 Å². The molecule has 4 nitrogen and oxygen atoms in total. The summed E-state index contributed by atoms with van der Waals surface area (Å²) in [6, 6.07) is 0.551. The molecule has 5 heteroatoms. The number of nitrogens with zero attached hydrogens (tertiary/aromatic N) is 1. The predicted octanol–water partition coefficient (Wildman–Crippen LogP) is 4.77. The van der Waals surface area contributed by atoms with E-state index in [-0.39, 0.29) is 0 Å². The number of fused-ring (bicyclic) bond motifs is 1. The Balaban J connectivity index is 1.00. The molecule has 1 amide bonds. The molecule has 6 fully saturated rings. The number of carbonyl (C=O) groups is 1. The number of rotatable bonds is 6. The number of likely N-dealkylation sites (tertiary alicyclic amines) is 1. The number of nitrogens with one attached hydrogen (secondary N) is 2. The minimum atomic E-state index is 0.291. The average Bonchev–Trinajstić information content (AvgIpc) is 2.71. The number of hydrogen-bond donors (Lipinski definition) is 2. The highest BCUT2D eigenvalue weighted by Crippen LogP contribution is 2.55. The van der Waals surface area contributed by atoms with E-state index in [4.69, 9.17) is 12.2 Å². The van der Waals surface area contributed by atoms with Crippen molar-refractivity contribution in [2.75, 3.05) is 13.1 Å². The molecule has 0 aromatic rings. The molecule has 30 heavy (non-hydrogen) atoms. The van der Waals surface area contributed by atoms with E-state index in [1.54, 1.807) is 0 Å². The van der Waals surface area contributed by atoms with E-state index in [1.165, 1.54) is 77.0 Å². The third-order valence-corrected chi connectivity index (χ3v) is 9.33. The maximum absolute atomic E-state index is 12.8. The van der Waals surface area contributed by atoms with Crippen LogP contribution in [0.5, 0.6) is 0 Å². The fraction of sp³-hybridized carbons (Fsp3) is 0.920. The van der Waals surface area contributed by atoms with E-state index in [2.05, 4.69) is 15.5 Å². The van der Waals surface area contributed by atoms with Gasteiger partial charge >= 0.3 is 0 Å². The Morgan fingerprint density at radius 2 is 1.60 bits per heavy atom. The Morgan fingerprint density at radius 1 is 0.933 bits per heavy atom. The van der Waals surface area contributed by atoms with E-state index in [9.17, 15) is 4.79 Å². The summed E-state index contributed by atoms with van der Waals surface area (Å²) < 4.78 is 0. The summed E-state index contributed by atoms with van der Waals surface area (Å²) >= 11 is 5.66. The summed E-state index contributed by atoms with van der Waals surface area (Å²) in [4.78, 5) is 15.1. The van der Waals surface area contributed by atoms with Crippen LogP contribution >= 0.6 is 12.2 Å². The van der Waals surface area contributed by atoms with Crippen LogP contribution in [0, 0.1) is 23.7 Å². The Hall–Kier alpha value is -0.840. The first-order valence-electron chi connectivity index (χ1n) is 13.0. The Labute approximate surface area is 188 Å². The summed E-state index contributed by atoms with van der Waals surface area (Å²) in [6.07, 6.45) is 18.9. The summed E-state index contributed by atoms with van der Waals surface area (Å²) in [7, 11) is 0. The first-order valence-corrected chi connectivity index (χ1v) is 13.4. The lowest BCUT2D eigenvalue weighted by Crippen LogP contribution is -2.61. The molecule has 2 atom stereocenters. The van der Waals surface area contributed by atoms with Gasteiger partial charge in [-0.15, -0.1) is 0 Å². The summed E-state index contributed by atoms with van der Waals surface area (Å²) in [5.74, 6) is 4.01. The molecule has 6 rings (SSSR count). The van der Waals surface area contributed by atoms with Crippen molar-refractivity contribution in [2.45, 2.75) is 108 Å². The van der Waals surface area contributed by atoms with Gasteiger partial charge in [-0.3, -0.25) is 4.79 Å². The summed E-state index contributed by atoms with van der Waals surface area (Å²) in [5.41, 5.74) is 0.291. The monoisotopic (exact) mass is 431 g/mol. The Kier molecular flexibility index (Phi) is 6.28. The van der Waals surface area contributed by atoms with Gasteiger partial charge in [0.1, 0.15) is 0 Å². The number of hydrogen-bond acceptors (Lipinski definition) is 2. The third kappa shape index (κ3) is 4.52. The van der Waals surface area contributed by atoms with Gasteiger partial charge in [-0.05, 0) is 113 Å². The van der Waals surface area contributed by atoms with E-state index in [0.717, 1.165) is 54.7 Å². The number of amides is 1. The molecule has 168 valence electrons. The molecule has 2 N–H and O–H groups in total. The second-order valence-corrected chi connectivity index (χ2v) is 11.8. The third-order valence-electron chi connectivity index (χ3n) is 9.08. The quantitative estimate of drug-likeness (QED) is 0.470. The van der Waals surface area contributed by atoms with Crippen molar-refractivity contribution in [3.63, 3.8) is 0 Å². The molecule has 1 saturated heterocycles. The molecule has 5 aliphatic carbocycles. The van der Waals surface area contributed by atoms with Crippen LogP contribution in [0.3, 0.4) is 0 Å². The van der Waals surface area contributed by atoms with Gasteiger partial charge in [0.15, 0.2) is 5.11 Å². The van der Waals surface area contributed by atoms with Crippen LogP contribution in [-0.2, 0) is 4.79 Å². The van der Waals surface area contributed by atoms with Crippen LogP contribution in [0.1, 0.15) is 96.3 Å². The van der Waals surface area contributed by atoms with Crippen LogP contribution in [0.25, 0.3) is 0 Å². The summed E-state index contributed by atoms with van der Waals surface area (Å²) in [5, 5.41) is 8.06. The highest BCUT2D eigenvalue weighted by molar-refractivity contribution is 7.80. The molecule has 4 bridgehead atoms. The molecule has 0 spiro atoms. The van der Waals surface area contributed by atoms with Gasteiger partial charge < -0.3 is 15.5 Å². The zero-order chi connectivity index (χ0) is 20.6. The lowest BCUT2D eigenvalue weighted by Gasteiger charge is -2.57. The molecule has 6 aliphatic rings. The van der Waals surface area contributed by atoms with Crippen molar-refractivity contribution in [3.05, 3.63) is 0 Å². The molecule has 0 radical (unpaired) electrons. The van der Waals surface area contributed by atoms with Crippen molar-refractivity contribution in [2.24, 2.45) is 23.7 Å². The van der Waals surface area contributed by atoms with Crippen molar-refractivity contribution in [3.8, 4) is 0 Å². The maximum Gasteiger partial charge on any atom is 0.222 e. The first kappa shape index (κ1) is 21.0. The second kappa shape index (κ2) is 8.96.